The van der Waals surface area contributed by atoms with Crippen LogP contribution >= 0.6 is 0 Å². The smallest absolute Gasteiger partial charge is 0.409 e. The Bertz CT molecular complexity index is 767. The molecule has 0 aliphatic carbocycles. The van der Waals surface area contributed by atoms with E-state index in [1.165, 1.54) is 35.7 Å². The number of ether oxygens (including phenoxy) is 1. The van der Waals surface area contributed by atoms with E-state index in [2.05, 4.69) is 5.32 Å². The Morgan fingerprint density at radius 2 is 1.71 bits per heavy atom. The number of benzene rings is 1. The number of nitrogens with one attached hydrogen (secondary N) is 1. The van der Waals surface area contributed by atoms with Gasteiger partial charge >= 0.3 is 6.09 Å². The lowest BCUT2D eigenvalue weighted by molar-refractivity contribution is 0.0914. The zero-order chi connectivity index (χ0) is 20.7. The van der Waals surface area contributed by atoms with E-state index in [0.717, 1.165) is 12.8 Å². The molecule has 0 bridgehead atoms. The number of hydrogen-bond acceptors (Lipinski definition) is 5. The van der Waals surface area contributed by atoms with Crippen LogP contribution in [0.5, 0.6) is 0 Å². The van der Waals surface area contributed by atoms with Gasteiger partial charge in [-0.25, -0.2) is 13.2 Å². The summed E-state index contributed by atoms with van der Waals surface area (Å²) in [6.45, 7) is 6.13. The molecule has 9 heteroatoms. The summed E-state index contributed by atoms with van der Waals surface area (Å²) in [4.78, 5) is 25.7. The Kier molecular flexibility index (Phi) is 7.82. The summed E-state index contributed by atoms with van der Waals surface area (Å²) < 4.78 is 31.1. The van der Waals surface area contributed by atoms with Gasteiger partial charge in [-0.2, -0.15) is 4.31 Å². The molecule has 2 rings (SSSR count). The van der Waals surface area contributed by atoms with Crippen molar-refractivity contribution in [3.63, 3.8) is 0 Å². The summed E-state index contributed by atoms with van der Waals surface area (Å²) in [6.07, 6.45) is 1.29. The molecular formula is C19H29N3O5S. The van der Waals surface area contributed by atoms with Gasteiger partial charge in [-0.3, -0.25) is 4.79 Å². The molecule has 2 amide bonds. The van der Waals surface area contributed by atoms with Gasteiger partial charge < -0.3 is 15.0 Å². The second-order valence-electron chi connectivity index (χ2n) is 6.72. The van der Waals surface area contributed by atoms with E-state index in [1.54, 1.807) is 18.7 Å². The van der Waals surface area contributed by atoms with E-state index in [9.17, 15) is 18.0 Å². The molecule has 28 heavy (non-hydrogen) atoms. The van der Waals surface area contributed by atoms with Gasteiger partial charge in [0.05, 0.1) is 12.0 Å². The third-order valence-electron chi connectivity index (χ3n) is 5.06. The molecule has 1 aromatic carbocycles. The number of carbonyl (C=O) groups excluding carboxylic acids is 2. The summed E-state index contributed by atoms with van der Waals surface area (Å²) in [7, 11) is -2.16. The second kappa shape index (κ2) is 9.88. The maximum Gasteiger partial charge on any atom is 0.409 e. The largest absolute Gasteiger partial charge is 0.453 e. The zero-order valence-electron chi connectivity index (χ0n) is 16.7. The van der Waals surface area contributed by atoms with Crippen LogP contribution < -0.4 is 5.32 Å². The van der Waals surface area contributed by atoms with Gasteiger partial charge in [0, 0.05) is 38.3 Å². The Morgan fingerprint density at radius 3 is 2.21 bits per heavy atom. The molecule has 8 nitrogen and oxygen atoms in total. The molecule has 1 fully saturated rings. The van der Waals surface area contributed by atoms with Crippen molar-refractivity contribution in [1.29, 1.82) is 0 Å². The third kappa shape index (κ3) is 5.23. The van der Waals surface area contributed by atoms with Crippen LogP contribution in [0.3, 0.4) is 0 Å². The van der Waals surface area contributed by atoms with Gasteiger partial charge in [0.2, 0.25) is 10.0 Å². The number of methoxy groups -OCH3 is 1. The van der Waals surface area contributed by atoms with Crippen LogP contribution in [0.2, 0.25) is 0 Å². The number of carbonyl (C=O) groups is 2. The molecule has 1 aliphatic heterocycles. The first-order valence-corrected chi connectivity index (χ1v) is 11.0. The topological polar surface area (TPSA) is 96.0 Å². The lowest BCUT2D eigenvalue weighted by atomic mass is 9.97. The predicted molar refractivity (Wildman–Crippen MR) is 106 cm³/mol. The quantitative estimate of drug-likeness (QED) is 0.740. The summed E-state index contributed by atoms with van der Waals surface area (Å²) >= 11 is 0. The minimum Gasteiger partial charge on any atom is -0.453 e. The molecule has 0 spiro atoms. The van der Waals surface area contributed by atoms with Gasteiger partial charge in [0.15, 0.2) is 0 Å². The van der Waals surface area contributed by atoms with Crippen molar-refractivity contribution >= 4 is 22.0 Å². The van der Waals surface area contributed by atoms with Crippen LogP contribution in [0.1, 0.15) is 37.0 Å². The molecule has 0 atom stereocenters. The normalized spacial score (nSPS) is 15.5. The number of rotatable bonds is 7. The summed E-state index contributed by atoms with van der Waals surface area (Å²) in [5, 5.41) is 2.90. The monoisotopic (exact) mass is 411 g/mol. The molecule has 1 N–H and O–H groups in total. The lowest BCUT2D eigenvalue weighted by Gasteiger charge is -2.30. The minimum atomic E-state index is -3.53. The molecule has 0 aromatic heterocycles. The number of sulfonamides is 1. The van der Waals surface area contributed by atoms with Crippen LogP contribution in [0.15, 0.2) is 29.2 Å². The molecule has 156 valence electrons. The molecular weight excluding hydrogens is 382 g/mol. The van der Waals surface area contributed by atoms with Crippen LogP contribution in [0.4, 0.5) is 4.79 Å². The highest BCUT2D eigenvalue weighted by Crippen LogP contribution is 2.18. The molecule has 1 aliphatic rings. The molecule has 1 aromatic rings. The highest BCUT2D eigenvalue weighted by atomic mass is 32.2. The average Bonchev–Trinajstić information content (AvgIpc) is 2.72. The number of nitrogens with zero attached hydrogens (tertiary/aromatic N) is 2. The Hall–Kier alpha value is -2.13. The van der Waals surface area contributed by atoms with E-state index in [1.807, 2.05) is 0 Å². The Labute approximate surface area is 166 Å². The number of hydrogen-bond donors (Lipinski definition) is 1. The zero-order valence-corrected chi connectivity index (χ0v) is 17.5. The lowest BCUT2D eigenvalue weighted by Crippen LogP contribution is -2.41. The molecule has 0 unspecified atom stereocenters. The van der Waals surface area contributed by atoms with E-state index in [-0.39, 0.29) is 16.9 Å². The fourth-order valence-corrected chi connectivity index (χ4v) is 4.74. The fourth-order valence-electron chi connectivity index (χ4n) is 3.28. The summed E-state index contributed by atoms with van der Waals surface area (Å²) in [5.74, 6) is 0.0642. The highest BCUT2D eigenvalue weighted by molar-refractivity contribution is 7.89. The highest BCUT2D eigenvalue weighted by Gasteiger charge is 2.24. The maximum atomic E-state index is 12.5. The minimum absolute atomic E-state index is 0.183. The molecule has 1 heterocycles. The van der Waals surface area contributed by atoms with Crippen molar-refractivity contribution in [1.82, 2.24) is 14.5 Å². The SMILES string of the molecule is CCN(CC)S(=O)(=O)c1ccc(C(=O)NCC2CCN(C(=O)OC)CC2)cc1. The van der Waals surface area contributed by atoms with Gasteiger partial charge in [-0.05, 0) is 43.0 Å². The standard InChI is InChI=1S/C19H29N3O5S/c1-4-22(5-2)28(25,26)17-8-6-16(7-9-17)18(23)20-14-15-10-12-21(13-11-15)19(24)27-3/h6-9,15H,4-5,10-14H2,1-3H3,(H,20,23). The first-order chi connectivity index (χ1) is 13.3. The van der Waals surface area contributed by atoms with Gasteiger partial charge in [0.25, 0.3) is 5.91 Å². The molecule has 1 saturated heterocycles. The van der Waals surface area contributed by atoms with E-state index < -0.39 is 10.0 Å². The average molecular weight is 412 g/mol. The van der Waals surface area contributed by atoms with Gasteiger partial charge in [0.1, 0.15) is 0 Å². The number of amides is 2. The fraction of sp³-hybridized carbons (Fsp3) is 0.579. The second-order valence-corrected chi connectivity index (χ2v) is 8.66. The first-order valence-electron chi connectivity index (χ1n) is 9.54. The predicted octanol–water partition coefficient (Wildman–Crippen LogP) is 1.93. The van der Waals surface area contributed by atoms with Gasteiger partial charge in [-0.1, -0.05) is 13.8 Å². The van der Waals surface area contributed by atoms with Crippen LogP contribution in [0, 0.1) is 5.92 Å². The van der Waals surface area contributed by atoms with E-state index >= 15 is 0 Å². The Balaban J connectivity index is 1.89. The number of likely N-dealkylation sites (tertiary alicyclic amines) is 1. The van der Waals surface area contributed by atoms with Crippen molar-refractivity contribution in [3.05, 3.63) is 29.8 Å². The van der Waals surface area contributed by atoms with Crippen molar-refractivity contribution in [2.75, 3.05) is 39.8 Å². The third-order valence-corrected chi connectivity index (χ3v) is 7.12. The van der Waals surface area contributed by atoms with Crippen LogP contribution in [-0.4, -0.2) is 69.5 Å². The van der Waals surface area contributed by atoms with E-state index in [0.29, 0.717) is 44.2 Å². The van der Waals surface area contributed by atoms with Crippen molar-refractivity contribution in [3.8, 4) is 0 Å². The van der Waals surface area contributed by atoms with Crippen LogP contribution in [-0.2, 0) is 14.8 Å². The van der Waals surface area contributed by atoms with Crippen molar-refractivity contribution < 1.29 is 22.7 Å². The first kappa shape index (κ1) is 22.2. The Morgan fingerprint density at radius 1 is 1.14 bits per heavy atom. The van der Waals surface area contributed by atoms with Crippen LogP contribution in [0.25, 0.3) is 0 Å². The molecule has 0 saturated carbocycles. The summed E-state index contributed by atoms with van der Waals surface area (Å²) in [5.41, 5.74) is 0.422. The van der Waals surface area contributed by atoms with Gasteiger partial charge in [-0.15, -0.1) is 0 Å². The van der Waals surface area contributed by atoms with E-state index in [4.69, 9.17) is 4.74 Å². The van der Waals surface area contributed by atoms with Crippen molar-refractivity contribution in [2.45, 2.75) is 31.6 Å². The summed E-state index contributed by atoms with van der Waals surface area (Å²) in [6, 6.07) is 6.01. The van der Waals surface area contributed by atoms with Crippen molar-refractivity contribution in [2.24, 2.45) is 5.92 Å². The maximum absolute atomic E-state index is 12.5. The molecule has 0 radical (unpaired) electrons. The number of piperidine rings is 1.